The van der Waals surface area contributed by atoms with Crippen LogP contribution in [0.25, 0.3) is 0 Å². The second-order valence-corrected chi connectivity index (χ2v) is 7.83. The standard InChI is InChI=1S/C18H27IO/c1-4-17(19)15-8-10-16(11-9-15)20-18(14(2)3)12-6-5-7-13-18/h8-11,14,17H,4-7,12-13H2,1-3H3. The van der Waals surface area contributed by atoms with Gasteiger partial charge >= 0.3 is 0 Å². The molecule has 1 saturated carbocycles. The number of rotatable bonds is 5. The van der Waals surface area contributed by atoms with E-state index < -0.39 is 0 Å². The Kier molecular flexibility index (Phi) is 5.76. The largest absolute Gasteiger partial charge is 0.487 e. The number of halogens is 1. The Morgan fingerprint density at radius 2 is 1.70 bits per heavy atom. The molecule has 1 aliphatic rings. The first-order valence-corrected chi connectivity index (χ1v) is 9.25. The monoisotopic (exact) mass is 386 g/mol. The first-order chi connectivity index (χ1) is 9.57. The van der Waals surface area contributed by atoms with Crippen LogP contribution in [0.1, 0.15) is 68.8 Å². The zero-order chi connectivity index (χ0) is 14.6. The molecule has 0 radical (unpaired) electrons. The summed E-state index contributed by atoms with van der Waals surface area (Å²) in [6, 6.07) is 8.78. The Morgan fingerprint density at radius 1 is 1.10 bits per heavy atom. The highest BCUT2D eigenvalue weighted by Gasteiger charge is 2.37. The molecule has 2 rings (SSSR count). The van der Waals surface area contributed by atoms with E-state index in [0.717, 1.165) is 5.75 Å². The lowest BCUT2D eigenvalue weighted by Gasteiger charge is -2.41. The number of benzene rings is 1. The van der Waals surface area contributed by atoms with E-state index in [0.29, 0.717) is 9.84 Å². The highest BCUT2D eigenvalue weighted by molar-refractivity contribution is 14.1. The molecule has 0 amide bonds. The summed E-state index contributed by atoms with van der Waals surface area (Å²) in [7, 11) is 0. The Hall–Kier alpha value is -0.250. The molecule has 0 aliphatic heterocycles. The minimum absolute atomic E-state index is 0.0637. The fourth-order valence-electron chi connectivity index (χ4n) is 3.16. The molecule has 1 fully saturated rings. The van der Waals surface area contributed by atoms with Crippen LogP contribution < -0.4 is 4.74 Å². The number of hydrogen-bond acceptors (Lipinski definition) is 1. The van der Waals surface area contributed by atoms with Crippen LogP contribution in [0.2, 0.25) is 0 Å². The molecule has 112 valence electrons. The van der Waals surface area contributed by atoms with Crippen LogP contribution in [0.3, 0.4) is 0 Å². The molecule has 1 aliphatic carbocycles. The van der Waals surface area contributed by atoms with E-state index in [-0.39, 0.29) is 5.60 Å². The van der Waals surface area contributed by atoms with Crippen molar-refractivity contribution in [2.75, 3.05) is 0 Å². The average Bonchev–Trinajstić information content (AvgIpc) is 2.48. The quantitative estimate of drug-likeness (QED) is 0.426. The van der Waals surface area contributed by atoms with Gasteiger partial charge in [-0.3, -0.25) is 0 Å². The lowest BCUT2D eigenvalue weighted by atomic mass is 9.77. The predicted molar refractivity (Wildman–Crippen MR) is 94.8 cm³/mol. The SMILES string of the molecule is CCC(I)c1ccc(OC2(C(C)C)CCCCC2)cc1. The molecule has 0 spiro atoms. The van der Waals surface area contributed by atoms with Gasteiger partial charge in [0.25, 0.3) is 0 Å². The minimum Gasteiger partial charge on any atom is -0.487 e. The van der Waals surface area contributed by atoms with Crippen molar-refractivity contribution < 1.29 is 4.74 Å². The molecule has 1 aromatic rings. The van der Waals surface area contributed by atoms with Gasteiger partial charge in [-0.1, -0.05) is 61.9 Å². The molecule has 2 heteroatoms. The molecule has 1 unspecified atom stereocenters. The second kappa shape index (κ2) is 7.15. The van der Waals surface area contributed by atoms with E-state index in [4.69, 9.17) is 4.74 Å². The van der Waals surface area contributed by atoms with Crippen LogP contribution in [0.4, 0.5) is 0 Å². The molecule has 0 heterocycles. The van der Waals surface area contributed by atoms with Gasteiger partial charge in [-0.2, -0.15) is 0 Å². The summed E-state index contributed by atoms with van der Waals surface area (Å²) >= 11 is 2.51. The van der Waals surface area contributed by atoms with Crippen LogP contribution >= 0.6 is 22.6 Å². The highest BCUT2D eigenvalue weighted by atomic mass is 127. The Morgan fingerprint density at radius 3 is 2.20 bits per heavy atom. The second-order valence-electron chi connectivity index (χ2n) is 6.33. The van der Waals surface area contributed by atoms with Crippen LogP contribution in [-0.2, 0) is 0 Å². The van der Waals surface area contributed by atoms with Crippen molar-refractivity contribution in [2.24, 2.45) is 5.92 Å². The number of alkyl halides is 1. The summed E-state index contributed by atoms with van der Waals surface area (Å²) in [5, 5.41) is 0. The average molecular weight is 386 g/mol. The number of ether oxygens (including phenoxy) is 1. The zero-order valence-corrected chi connectivity index (χ0v) is 15.2. The zero-order valence-electron chi connectivity index (χ0n) is 13.0. The van der Waals surface area contributed by atoms with E-state index in [9.17, 15) is 0 Å². The van der Waals surface area contributed by atoms with Crippen LogP contribution in [0, 0.1) is 5.92 Å². The molecule has 20 heavy (non-hydrogen) atoms. The Labute approximate surface area is 137 Å². The summed E-state index contributed by atoms with van der Waals surface area (Å²) in [5.41, 5.74) is 1.47. The van der Waals surface area contributed by atoms with Gasteiger partial charge in [-0.15, -0.1) is 0 Å². The molecule has 0 N–H and O–H groups in total. The van der Waals surface area contributed by atoms with Gasteiger partial charge in [-0.05, 0) is 55.7 Å². The smallest absolute Gasteiger partial charge is 0.120 e. The molecular weight excluding hydrogens is 359 g/mol. The lowest BCUT2D eigenvalue weighted by Crippen LogP contribution is -2.43. The molecule has 1 atom stereocenters. The first kappa shape index (κ1) is 16.1. The maximum absolute atomic E-state index is 6.47. The summed E-state index contributed by atoms with van der Waals surface area (Å²) in [6.45, 7) is 6.84. The topological polar surface area (TPSA) is 9.23 Å². The molecule has 0 aromatic heterocycles. The molecule has 1 nitrogen and oxygen atoms in total. The summed E-state index contributed by atoms with van der Waals surface area (Å²) in [6.07, 6.45) is 7.57. The highest BCUT2D eigenvalue weighted by Crippen LogP contribution is 2.39. The van der Waals surface area contributed by atoms with Gasteiger partial charge in [0.15, 0.2) is 0 Å². The first-order valence-electron chi connectivity index (χ1n) is 8.00. The van der Waals surface area contributed by atoms with Crippen molar-refractivity contribution in [3.05, 3.63) is 29.8 Å². The maximum Gasteiger partial charge on any atom is 0.120 e. The summed E-state index contributed by atoms with van der Waals surface area (Å²) in [5.74, 6) is 1.62. The fourth-order valence-corrected chi connectivity index (χ4v) is 3.58. The van der Waals surface area contributed by atoms with Crippen LogP contribution in [-0.4, -0.2) is 5.60 Å². The van der Waals surface area contributed by atoms with Crippen molar-refractivity contribution in [3.8, 4) is 5.75 Å². The predicted octanol–water partition coefficient (Wildman–Crippen LogP) is 6.31. The van der Waals surface area contributed by atoms with Crippen LogP contribution in [0.15, 0.2) is 24.3 Å². The van der Waals surface area contributed by atoms with Gasteiger partial charge in [0.2, 0.25) is 0 Å². The summed E-state index contributed by atoms with van der Waals surface area (Å²) in [4.78, 5) is 0. The Balaban J connectivity index is 2.11. The maximum atomic E-state index is 6.47. The molecule has 0 saturated heterocycles. The van der Waals surface area contributed by atoms with E-state index in [1.807, 2.05) is 0 Å². The normalized spacial score (nSPS) is 19.9. The minimum atomic E-state index is 0.0637. The third-order valence-corrected chi connectivity index (χ3v) is 6.27. The van der Waals surface area contributed by atoms with E-state index in [1.54, 1.807) is 0 Å². The van der Waals surface area contributed by atoms with Gasteiger partial charge < -0.3 is 4.74 Å². The van der Waals surface area contributed by atoms with E-state index >= 15 is 0 Å². The van der Waals surface area contributed by atoms with Gasteiger partial charge in [0, 0.05) is 3.92 Å². The molecule has 0 bridgehead atoms. The molecular formula is C18H27IO. The van der Waals surface area contributed by atoms with E-state index in [1.165, 1.54) is 44.1 Å². The van der Waals surface area contributed by atoms with Crippen molar-refractivity contribution in [3.63, 3.8) is 0 Å². The third kappa shape index (κ3) is 3.69. The molecule has 1 aromatic carbocycles. The van der Waals surface area contributed by atoms with Crippen molar-refractivity contribution in [1.29, 1.82) is 0 Å². The van der Waals surface area contributed by atoms with Crippen molar-refractivity contribution in [1.82, 2.24) is 0 Å². The van der Waals surface area contributed by atoms with Crippen LogP contribution in [0.5, 0.6) is 5.75 Å². The number of hydrogen-bond donors (Lipinski definition) is 0. The van der Waals surface area contributed by atoms with E-state index in [2.05, 4.69) is 67.6 Å². The van der Waals surface area contributed by atoms with Crippen molar-refractivity contribution in [2.45, 2.75) is 68.8 Å². The fraction of sp³-hybridized carbons (Fsp3) is 0.667. The van der Waals surface area contributed by atoms with Gasteiger partial charge in [0.05, 0.1) is 0 Å². The third-order valence-electron chi connectivity index (χ3n) is 4.67. The lowest BCUT2D eigenvalue weighted by molar-refractivity contribution is -0.0120. The van der Waals surface area contributed by atoms with Crippen molar-refractivity contribution >= 4 is 22.6 Å². The van der Waals surface area contributed by atoms with Gasteiger partial charge in [-0.25, -0.2) is 0 Å². The Bertz CT molecular complexity index is 404. The summed E-state index contributed by atoms with van der Waals surface area (Å²) < 4.78 is 7.08. The van der Waals surface area contributed by atoms with Gasteiger partial charge in [0.1, 0.15) is 11.4 Å².